The highest BCUT2D eigenvalue weighted by atomic mass is 35.5. The molecule has 0 fully saturated rings. The highest BCUT2D eigenvalue weighted by molar-refractivity contribution is 6.37. The number of hydrogen-bond acceptors (Lipinski definition) is 2. The van der Waals surface area contributed by atoms with Crippen molar-refractivity contribution in [2.45, 2.75) is 0 Å². The predicted octanol–water partition coefficient (Wildman–Crippen LogP) is 3.90. The molecule has 2 aromatic carbocycles. The molecule has 0 atom stereocenters. The third-order valence-electron chi connectivity index (χ3n) is 3.51. The van der Waals surface area contributed by atoms with Crippen LogP contribution in [0.25, 0.3) is 11.6 Å². The molecule has 106 valence electrons. The SMILES string of the molecule is CN(C)c1ccc(/C=C2\C(=O)Nc3ccccc32)c(Cl)c1. The van der Waals surface area contributed by atoms with Gasteiger partial charge in [0.15, 0.2) is 0 Å². The van der Waals surface area contributed by atoms with Gasteiger partial charge in [0.25, 0.3) is 5.91 Å². The van der Waals surface area contributed by atoms with Gasteiger partial charge in [-0.1, -0.05) is 35.9 Å². The van der Waals surface area contributed by atoms with E-state index >= 15 is 0 Å². The molecule has 3 rings (SSSR count). The van der Waals surface area contributed by atoms with Crippen molar-refractivity contribution in [2.75, 3.05) is 24.3 Å². The van der Waals surface area contributed by atoms with Crippen molar-refractivity contribution in [3.63, 3.8) is 0 Å². The number of carbonyl (C=O) groups excluding carboxylic acids is 1. The molecular formula is C17H15ClN2O. The lowest BCUT2D eigenvalue weighted by atomic mass is 10.0. The first-order valence-corrected chi connectivity index (χ1v) is 7.03. The van der Waals surface area contributed by atoms with Gasteiger partial charge in [0, 0.05) is 41.6 Å². The van der Waals surface area contributed by atoms with Gasteiger partial charge in [-0.15, -0.1) is 0 Å². The highest BCUT2D eigenvalue weighted by Crippen LogP contribution is 2.34. The fourth-order valence-electron chi connectivity index (χ4n) is 2.35. The van der Waals surface area contributed by atoms with E-state index in [4.69, 9.17) is 11.6 Å². The molecule has 21 heavy (non-hydrogen) atoms. The van der Waals surface area contributed by atoms with Gasteiger partial charge in [-0.2, -0.15) is 0 Å². The Balaban J connectivity index is 2.05. The van der Waals surface area contributed by atoms with Crippen LogP contribution in [0, 0.1) is 0 Å². The van der Waals surface area contributed by atoms with E-state index in [0.717, 1.165) is 22.5 Å². The normalized spacial score (nSPS) is 15.0. The van der Waals surface area contributed by atoms with Gasteiger partial charge in [-0.3, -0.25) is 4.79 Å². The summed E-state index contributed by atoms with van der Waals surface area (Å²) in [6, 6.07) is 13.5. The molecule has 0 unspecified atom stereocenters. The maximum Gasteiger partial charge on any atom is 0.256 e. The van der Waals surface area contributed by atoms with Crippen molar-refractivity contribution >= 4 is 40.5 Å². The zero-order chi connectivity index (χ0) is 15.0. The Morgan fingerprint density at radius 1 is 1.14 bits per heavy atom. The van der Waals surface area contributed by atoms with Gasteiger partial charge in [0.2, 0.25) is 0 Å². The van der Waals surface area contributed by atoms with Gasteiger partial charge < -0.3 is 10.2 Å². The number of amides is 1. The van der Waals surface area contributed by atoms with E-state index in [2.05, 4.69) is 5.32 Å². The number of halogens is 1. The summed E-state index contributed by atoms with van der Waals surface area (Å²) in [6.07, 6.45) is 1.84. The first-order chi connectivity index (χ1) is 10.1. The van der Waals surface area contributed by atoms with Gasteiger partial charge in [-0.05, 0) is 29.8 Å². The van der Waals surface area contributed by atoms with E-state index in [1.807, 2.05) is 67.5 Å². The van der Waals surface area contributed by atoms with Gasteiger partial charge in [0.05, 0.1) is 0 Å². The van der Waals surface area contributed by atoms with Crippen molar-refractivity contribution in [1.82, 2.24) is 0 Å². The van der Waals surface area contributed by atoms with Crippen LogP contribution in [0.5, 0.6) is 0 Å². The zero-order valence-electron chi connectivity index (χ0n) is 11.9. The number of rotatable bonds is 2. The minimum atomic E-state index is -0.0936. The Bertz CT molecular complexity index is 750. The zero-order valence-corrected chi connectivity index (χ0v) is 12.6. The van der Waals surface area contributed by atoms with Crippen LogP contribution in [-0.2, 0) is 4.79 Å². The molecule has 1 heterocycles. The van der Waals surface area contributed by atoms with E-state index in [-0.39, 0.29) is 5.91 Å². The second-order valence-electron chi connectivity index (χ2n) is 5.16. The predicted molar refractivity (Wildman–Crippen MR) is 88.7 cm³/mol. The molecule has 0 saturated heterocycles. The number of nitrogens with zero attached hydrogens (tertiary/aromatic N) is 1. The van der Waals surface area contributed by atoms with Crippen LogP contribution in [0.1, 0.15) is 11.1 Å². The van der Waals surface area contributed by atoms with E-state index in [9.17, 15) is 4.79 Å². The Morgan fingerprint density at radius 3 is 2.62 bits per heavy atom. The number of para-hydroxylation sites is 1. The lowest BCUT2D eigenvalue weighted by Gasteiger charge is -2.13. The molecule has 0 bridgehead atoms. The third kappa shape index (κ3) is 2.52. The topological polar surface area (TPSA) is 32.3 Å². The number of anilines is 2. The van der Waals surface area contributed by atoms with Gasteiger partial charge in [-0.25, -0.2) is 0 Å². The molecule has 4 heteroatoms. The Kier molecular flexibility index (Phi) is 3.43. The van der Waals surface area contributed by atoms with Crippen LogP contribution < -0.4 is 10.2 Å². The molecule has 0 aromatic heterocycles. The van der Waals surface area contributed by atoms with Crippen LogP contribution >= 0.6 is 11.6 Å². The average Bonchev–Trinajstić information content (AvgIpc) is 2.77. The second-order valence-corrected chi connectivity index (χ2v) is 5.57. The number of hydrogen-bond donors (Lipinski definition) is 1. The van der Waals surface area contributed by atoms with Crippen molar-refractivity contribution in [3.8, 4) is 0 Å². The minimum absolute atomic E-state index is 0.0936. The van der Waals surface area contributed by atoms with Crippen LogP contribution in [0.4, 0.5) is 11.4 Å². The van der Waals surface area contributed by atoms with E-state index < -0.39 is 0 Å². The van der Waals surface area contributed by atoms with Crippen LogP contribution in [0.3, 0.4) is 0 Å². The molecular weight excluding hydrogens is 284 g/mol. The van der Waals surface area contributed by atoms with E-state index in [0.29, 0.717) is 10.6 Å². The molecule has 3 nitrogen and oxygen atoms in total. The fourth-order valence-corrected chi connectivity index (χ4v) is 2.58. The maximum absolute atomic E-state index is 12.1. The lowest BCUT2D eigenvalue weighted by molar-refractivity contribution is -0.110. The first-order valence-electron chi connectivity index (χ1n) is 6.65. The Labute approximate surface area is 128 Å². The van der Waals surface area contributed by atoms with Crippen LogP contribution in [0.15, 0.2) is 42.5 Å². The molecule has 1 aliphatic heterocycles. The van der Waals surface area contributed by atoms with Crippen LogP contribution in [-0.4, -0.2) is 20.0 Å². The monoisotopic (exact) mass is 298 g/mol. The third-order valence-corrected chi connectivity index (χ3v) is 3.84. The van der Waals surface area contributed by atoms with Crippen LogP contribution in [0.2, 0.25) is 5.02 Å². The van der Waals surface area contributed by atoms with Crippen molar-refractivity contribution in [1.29, 1.82) is 0 Å². The summed E-state index contributed by atoms with van der Waals surface area (Å²) in [7, 11) is 3.93. The molecule has 0 radical (unpaired) electrons. The second kappa shape index (κ2) is 5.26. The van der Waals surface area contributed by atoms with E-state index in [1.54, 1.807) is 0 Å². The standard InChI is InChI=1S/C17H15ClN2O/c1-20(2)12-8-7-11(15(18)10-12)9-14-13-5-3-4-6-16(13)19-17(14)21/h3-10H,1-2H3,(H,19,21)/b14-9-. The summed E-state index contributed by atoms with van der Waals surface area (Å²) in [6.45, 7) is 0. The highest BCUT2D eigenvalue weighted by Gasteiger charge is 2.23. The molecule has 0 spiro atoms. The molecule has 2 aromatic rings. The number of nitrogens with one attached hydrogen (secondary N) is 1. The maximum atomic E-state index is 12.1. The number of benzene rings is 2. The van der Waals surface area contributed by atoms with Crippen molar-refractivity contribution in [2.24, 2.45) is 0 Å². The Hall–Kier alpha value is -2.26. The smallest absolute Gasteiger partial charge is 0.256 e. The first kappa shape index (κ1) is 13.7. The lowest BCUT2D eigenvalue weighted by Crippen LogP contribution is -2.08. The number of fused-ring (bicyclic) bond motifs is 1. The Morgan fingerprint density at radius 2 is 1.90 bits per heavy atom. The summed E-state index contributed by atoms with van der Waals surface area (Å²) < 4.78 is 0. The molecule has 1 N–H and O–H groups in total. The van der Waals surface area contributed by atoms with Gasteiger partial charge >= 0.3 is 0 Å². The van der Waals surface area contributed by atoms with Gasteiger partial charge in [0.1, 0.15) is 0 Å². The van der Waals surface area contributed by atoms with Crippen molar-refractivity contribution in [3.05, 3.63) is 58.6 Å². The van der Waals surface area contributed by atoms with E-state index in [1.165, 1.54) is 0 Å². The molecule has 0 aliphatic carbocycles. The summed E-state index contributed by atoms with van der Waals surface area (Å²) in [5.74, 6) is -0.0936. The summed E-state index contributed by atoms with van der Waals surface area (Å²) in [5, 5.41) is 3.49. The minimum Gasteiger partial charge on any atom is -0.378 e. The number of carbonyl (C=O) groups is 1. The fraction of sp³-hybridized carbons (Fsp3) is 0.118. The quantitative estimate of drug-likeness (QED) is 0.853. The van der Waals surface area contributed by atoms with Crippen molar-refractivity contribution < 1.29 is 4.79 Å². The summed E-state index contributed by atoms with van der Waals surface area (Å²) in [5.41, 5.74) is 4.26. The summed E-state index contributed by atoms with van der Waals surface area (Å²) >= 11 is 6.32. The average molecular weight is 299 g/mol. The molecule has 1 amide bonds. The molecule has 1 aliphatic rings. The molecule has 0 saturated carbocycles. The largest absolute Gasteiger partial charge is 0.378 e. The summed E-state index contributed by atoms with van der Waals surface area (Å²) in [4.78, 5) is 14.1.